The maximum absolute atomic E-state index is 11.6. The van der Waals surface area contributed by atoms with Gasteiger partial charge in [0.2, 0.25) is 0 Å². The predicted molar refractivity (Wildman–Crippen MR) is 68.3 cm³/mol. The number of nitrogens with zero attached hydrogens (tertiary/aromatic N) is 1. The van der Waals surface area contributed by atoms with Gasteiger partial charge in [-0.25, -0.2) is 0 Å². The van der Waals surface area contributed by atoms with Crippen LogP contribution in [-0.4, -0.2) is 32.3 Å². The van der Waals surface area contributed by atoms with E-state index in [0.717, 1.165) is 43.3 Å². The first kappa shape index (κ1) is 11.5. The molecule has 0 bridgehead atoms. The lowest BCUT2D eigenvalue weighted by atomic mass is 9.99. The number of hydrogen-bond acceptors (Lipinski definition) is 4. The smallest absolute Gasteiger partial charge is 0.318 e. The molecule has 0 spiro atoms. The lowest BCUT2D eigenvalue weighted by molar-refractivity contribution is -0.133. The van der Waals surface area contributed by atoms with Crippen LogP contribution in [0.2, 0.25) is 0 Å². The first-order valence-electron chi connectivity index (χ1n) is 6.36. The maximum atomic E-state index is 11.6. The van der Waals surface area contributed by atoms with Crippen LogP contribution < -0.4 is 9.64 Å². The summed E-state index contributed by atoms with van der Waals surface area (Å²) in [5.41, 5.74) is 3.36. The Labute approximate surface area is 106 Å². The highest BCUT2D eigenvalue weighted by Crippen LogP contribution is 2.39. The Morgan fingerprint density at radius 2 is 2.00 bits per heavy atom. The highest BCUT2D eigenvalue weighted by Gasteiger charge is 2.30. The second-order valence-corrected chi connectivity index (χ2v) is 4.92. The molecule has 18 heavy (non-hydrogen) atoms. The lowest BCUT2D eigenvalue weighted by Gasteiger charge is -2.30. The molecule has 0 radical (unpaired) electrons. The van der Waals surface area contributed by atoms with Gasteiger partial charge in [-0.15, -0.1) is 0 Å². The summed E-state index contributed by atoms with van der Waals surface area (Å²) in [4.78, 5) is 13.9. The van der Waals surface area contributed by atoms with Gasteiger partial charge in [-0.3, -0.25) is 4.79 Å². The highest BCUT2D eigenvalue weighted by atomic mass is 16.5. The SMILES string of the molecule is Cc1cc2c(cc1N1CCOCC1)OC(=O)C2C. The summed E-state index contributed by atoms with van der Waals surface area (Å²) in [6.45, 7) is 7.27. The van der Waals surface area contributed by atoms with E-state index in [2.05, 4.69) is 17.9 Å². The monoisotopic (exact) mass is 247 g/mol. The fraction of sp³-hybridized carbons (Fsp3) is 0.500. The van der Waals surface area contributed by atoms with Gasteiger partial charge in [-0.05, 0) is 25.5 Å². The van der Waals surface area contributed by atoms with E-state index in [9.17, 15) is 4.79 Å². The van der Waals surface area contributed by atoms with Gasteiger partial charge in [-0.1, -0.05) is 0 Å². The fourth-order valence-electron chi connectivity index (χ4n) is 2.60. The minimum atomic E-state index is -0.150. The molecule has 2 aliphatic rings. The van der Waals surface area contributed by atoms with Crippen LogP contribution in [-0.2, 0) is 9.53 Å². The third-order valence-corrected chi connectivity index (χ3v) is 3.71. The van der Waals surface area contributed by atoms with Crippen LogP contribution in [0.15, 0.2) is 12.1 Å². The van der Waals surface area contributed by atoms with Gasteiger partial charge < -0.3 is 14.4 Å². The molecule has 0 aliphatic carbocycles. The van der Waals surface area contributed by atoms with E-state index in [0.29, 0.717) is 0 Å². The van der Waals surface area contributed by atoms with Gasteiger partial charge in [-0.2, -0.15) is 0 Å². The zero-order valence-corrected chi connectivity index (χ0v) is 10.7. The molecule has 0 saturated carbocycles. The number of hydrogen-bond donors (Lipinski definition) is 0. The fourth-order valence-corrected chi connectivity index (χ4v) is 2.60. The number of fused-ring (bicyclic) bond motifs is 1. The summed E-state index contributed by atoms with van der Waals surface area (Å²) >= 11 is 0. The zero-order chi connectivity index (χ0) is 12.7. The number of carbonyl (C=O) groups excluding carboxylic acids is 1. The van der Waals surface area contributed by atoms with Gasteiger partial charge in [0.25, 0.3) is 0 Å². The zero-order valence-electron chi connectivity index (χ0n) is 10.7. The number of ether oxygens (including phenoxy) is 2. The number of aryl methyl sites for hydroxylation is 1. The molecule has 0 N–H and O–H groups in total. The van der Waals surface area contributed by atoms with Crippen LogP contribution in [0.5, 0.6) is 5.75 Å². The molecule has 2 aliphatic heterocycles. The first-order valence-corrected chi connectivity index (χ1v) is 6.36. The van der Waals surface area contributed by atoms with Crippen molar-refractivity contribution in [3.63, 3.8) is 0 Å². The topological polar surface area (TPSA) is 38.8 Å². The van der Waals surface area contributed by atoms with Gasteiger partial charge in [0.15, 0.2) is 0 Å². The molecule has 1 unspecified atom stereocenters. The van der Waals surface area contributed by atoms with Crippen LogP contribution in [0.1, 0.15) is 24.0 Å². The Morgan fingerprint density at radius 1 is 1.28 bits per heavy atom. The predicted octanol–water partition coefficient (Wildman–Crippen LogP) is 1.85. The number of benzene rings is 1. The van der Waals surface area contributed by atoms with E-state index in [1.807, 2.05) is 13.0 Å². The van der Waals surface area contributed by atoms with E-state index in [1.165, 1.54) is 5.56 Å². The minimum Gasteiger partial charge on any atom is -0.426 e. The summed E-state index contributed by atoms with van der Waals surface area (Å²) < 4.78 is 10.7. The Kier molecular flexibility index (Phi) is 2.74. The van der Waals surface area contributed by atoms with Crippen LogP contribution in [0.3, 0.4) is 0 Å². The number of rotatable bonds is 1. The molecular weight excluding hydrogens is 230 g/mol. The van der Waals surface area contributed by atoms with Crippen molar-refractivity contribution in [2.24, 2.45) is 0 Å². The number of morpholine rings is 1. The molecule has 4 heteroatoms. The largest absolute Gasteiger partial charge is 0.426 e. The Bertz CT molecular complexity index is 492. The van der Waals surface area contributed by atoms with Crippen molar-refractivity contribution in [3.8, 4) is 5.75 Å². The van der Waals surface area contributed by atoms with E-state index >= 15 is 0 Å². The summed E-state index contributed by atoms with van der Waals surface area (Å²) in [7, 11) is 0. The second kappa shape index (κ2) is 4.28. The third-order valence-electron chi connectivity index (χ3n) is 3.71. The van der Waals surface area contributed by atoms with Crippen LogP contribution in [0, 0.1) is 6.92 Å². The van der Waals surface area contributed by atoms with E-state index in [-0.39, 0.29) is 11.9 Å². The van der Waals surface area contributed by atoms with Crippen LogP contribution >= 0.6 is 0 Å². The Hall–Kier alpha value is -1.55. The lowest BCUT2D eigenvalue weighted by Crippen LogP contribution is -2.36. The average molecular weight is 247 g/mol. The molecule has 1 saturated heterocycles. The number of carbonyl (C=O) groups is 1. The van der Waals surface area contributed by atoms with E-state index in [4.69, 9.17) is 9.47 Å². The standard InChI is InChI=1S/C14H17NO3/c1-9-7-11-10(2)14(16)18-13(11)8-12(9)15-3-5-17-6-4-15/h7-8,10H,3-6H2,1-2H3. The van der Waals surface area contributed by atoms with Crippen LogP contribution in [0.4, 0.5) is 5.69 Å². The highest BCUT2D eigenvalue weighted by molar-refractivity contribution is 5.86. The molecule has 4 nitrogen and oxygen atoms in total. The van der Waals surface area contributed by atoms with Gasteiger partial charge in [0.05, 0.1) is 19.1 Å². The van der Waals surface area contributed by atoms with Gasteiger partial charge >= 0.3 is 5.97 Å². The Morgan fingerprint density at radius 3 is 2.72 bits per heavy atom. The molecule has 1 aromatic carbocycles. The first-order chi connectivity index (χ1) is 8.66. The molecule has 0 aromatic heterocycles. The molecule has 2 heterocycles. The molecule has 1 aromatic rings. The number of anilines is 1. The number of esters is 1. The summed E-state index contributed by atoms with van der Waals surface area (Å²) in [6, 6.07) is 4.08. The average Bonchev–Trinajstić information content (AvgIpc) is 2.66. The van der Waals surface area contributed by atoms with Gasteiger partial charge in [0.1, 0.15) is 5.75 Å². The van der Waals surface area contributed by atoms with Crippen molar-refractivity contribution in [3.05, 3.63) is 23.3 Å². The van der Waals surface area contributed by atoms with Crippen molar-refractivity contribution >= 4 is 11.7 Å². The van der Waals surface area contributed by atoms with Crippen molar-refractivity contribution in [1.29, 1.82) is 0 Å². The summed E-state index contributed by atoms with van der Waals surface area (Å²) in [5, 5.41) is 0. The van der Waals surface area contributed by atoms with Gasteiger partial charge in [0, 0.05) is 30.4 Å². The molecule has 3 rings (SSSR count). The second-order valence-electron chi connectivity index (χ2n) is 4.92. The molecule has 0 amide bonds. The maximum Gasteiger partial charge on any atom is 0.318 e. The van der Waals surface area contributed by atoms with Crippen LogP contribution in [0.25, 0.3) is 0 Å². The summed E-state index contributed by atoms with van der Waals surface area (Å²) in [5.74, 6) is 0.431. The summed E-state index contributed by atoms with van der Waals surface area (Å²) in [6.07, 6.45) is 0. The molecule has 96 valence electrons. The van der Waals surface area contributed by atoms with Crippen molar-refractivity contribution in [1.82, 2.24) is 0 Å². The van der Waals surface area contributed by atoms with Crippen molar-refractivity contribution in [2.45, 2.75) is 19.8 Å². The normalized spacial score (nSPS) is 22.9. The quantitative estimate of drug-likeness (QED) is 0.561. The molecule has 1 fully saturated rings. The van der Waals surface area contributed by atoms with Crippen molar-refractivity contribution in [2.75, 3.05) is 31.2 Å². The molecule has 1 atom stereocenters. The Balaban J connectivity index is 1.97. The third kappa shape index (κ3) is 1.77. The molecular formula is C14H17NO3. The van der Waals surface area contributed by atoms with E-state index < -0.39 is 0 Å². The van der Waals surface area contributed by atoms with Crippen molar-refractivity contribution < 1.29 is 14.3 Å². The van der Waals surface area contributed by atoms with E-state index in [1.54, 1.807) is 0 Å². The minimum absolute atomic E-state index is 0.141.